The minimum atomic E-state index is -0.218. The molecule has 0 aromatic rings. The Bertz CT molecular complexity index is 441. The summed E-state index contributed by atoms with van der Waals surface area (Å²) >= 11 is 0. The lowest BCUT2D eigenvalue weighted by atomic mass is 10.0. The number of rotatable bonds is 4. The number of ether oxygens (including phenoxy) is 1. The van der Waals surface area contributed by atoms with E-state index in [9.17, 15) is 9.90 Å². The van der Waals surface area contributed by atoms with Crippen molar-refractivity contribution in [1.29, 1.82) is 0 Å². The van der Waals surface area contributed by atoms with Gasteiger partial charge in [-0.3, -0.25) is 9.79 Å². The van der Waals surface area contributed by atoms with Crippen LogP contribution in [-0.2, 0) is 9.53 Å². The molecule has 8 heteroatoms. The SMILES string of the molecule is CNCC1OCC(=NN)C=NCCCC(=O)N(C(C)CO)CC1C. The van der Waals surface area contributed by atoms with Gasteiger partial charge in [-0.15, -0.1) is 0 Å². The maximum Gasteiger partial charge on any atom is 0.222 e. The third-order valence-electron chi connectivity index (χ3n) is 4.17. The molecule has 1 amide bonds. The number of nitrogens with two attached hydrogens (primary N) is 1. The van der Waals surface area contributed by atoms with Crippen LogP contribution in [0.25, 0.3) is 0 Å². The molecule has 0 bridgehead atoms. The molecule has 3 unspecified atom stereocenters. The highest BCUT2D eigenvalue weighted by Gasteiger charge is 2.26. The van der Waals surface area contributed by atoms with Crippen LogP contribution in [0, 0.1) is 5.92 Å². The van der Waals surface area contributed by atoms with Crippen LogP contribution in [0.4, 0.5) is 0 Å². The van der Waals surface area contributed by atoms with Gasteiger partial charge < -0.3 is 25.9 Å². The second kappa shape index (κ2) is 11.1. The molecule has 138 valence electrons. The summed E-state index contributed by atoms with van der Waals surface area (Å²) in [7, 11) is 1.86. The number of hydrogen-bond donors (Lipinski definition) is 3. The predicted octanol–water partition coefficient (Wildman–Crippen LogP) is -0.384. The lowest BCUT2D eigenvalue weighted by molar-refractivity contribution is -0.135. The Kier molecular flexibility index (Phi) is 9.51. The van der Waals surface area contributed by atoms with Crippen molar-refractivity contribution in [3.05, 3.63) is 0 Å². The van der Waals surface area contributed by atoms with Crippen LogP contribution in [0.1, 0.15) is 26.7 Å². The Morgan fingerprint density at radius 1 is 1.62 bits per heavy atom. The van der Waals surface area contributed by atoms with E-state index in [2.05, 4.69) is 15.4 Å². The summed E-state index contributed by atoms with van der Waals surface area (Å²) in [5.74, 6) is 5.51. The molecule has 1 aliphatic heterocycles. The summed E-state index contributed by atoms with van der Waals surface area (Å²) in [4.78, 5) is 18.5. The van der Waals surface area contributed by atoms with Crippen LogP contribution in [0.2, 0.25) is 0 Å². The van der Waals surface area contributed by atoms with Gasteiger partial charge in [0.15, 0.2) is 0 Å². The van der Waals surface area contributed by atoms with E-state index in [1.807, 2.05) is 20.9 Å². The van der Waals surface area contributed by atoms with Crippen molar-refractivity contribution >= 4 is 17.8 Å². The van der Waals surface area contributed by atoms with Gasteiger partial charge in [0.25, 0.3) is 0 Å². The lowest BCUT2D eigenvalue weighted by Gasteiger charge is -2.33. The largest absolute Gasteiger partial charge is 0.394 e. The highest BCUT2D eigenvalue weighted by atomic mass is 16.5. The zero-order chi connectivity index (χ0) is 17.9. The third kappa shape index (κ3) is 6.54. The molecule has 0 aliphatic carbocycles. The minimum Gasteiger partial charge on any atom is -0.394 e. The number of aliphatic hydroxyl groups excluding tert-OH is 1. The summed E-state index contributed by atoms with van der Waals surface area (Å²) in [5, 5.41) is 16.3. The van der Waals surface area contributed by atoms with Crippen molar-refractivity contribution in [2.45, 2.75) is 38.8 Å². The Morgan fingerprint density at radius 2 is 2.38 bits per heavy atom. The summed E-state index contributed by atoms with van der Waals surface area (Å²) in [6.45, 7) is 5.82. The number of likely N-dealkylation sites (N-methyl/N-ethyl adjacent to an activating group) is 1. The molecular weight excluding hydrogens is 310 g/mol. The zero-order valence-corrected chi connectivity index (χ0v) is 14.9. The maximum absolute atomic E-state index is 12.5. The Labute approximate surface area is 144 Å². The Balaban J connectivity index is 2.95. The first-order valence-corrected chi connectivity index (χ1v) is 8.46. The first kappa shape index (κ1) is 20.5. The molecule has 0 aromatic carbocycles. The fourth-order valence-electron chi connectivity index (χ4n) is 2.61. The van der Waals surface area contributed by atoms with Crippen molar-refractivity contribution in [3.63, 3.8) is 0 Å². The molecule has 1 aliphatic rings. The molecule has 0 saturated heterocycles. The summed E-state index contributed by atoms with van der Waals surface area (Å²) in [6.07, 6.45) is 2.55. The summed E-state index contributed by atoms with van der Waals surface area (Å²) in [6, 6.07) is -0.218. The zero-order valence-electron chi connectivity index (χ0n) is 14.9. The van der Waals surface area contributed by atoms with Gasteiger partial charge in [0.2, 0.25) is 5.91 Å². The van der Waals surface area contributed by atoms with Gasteiger partial charge in [0.1, 0.15) is 5.71 Å². The third-order valence-corrected chi connectivity index (χ3v) is 4.17. The van der Waals surface area contributed by atoms with Gasteiger partial charge in [-0.05, 0) is 20.4 Å². The molecule has 4 N–H and O–H groups in total. The molecule has 0 aromatic heterocycles. The van der Waals surface area contributed by atoms with E-state index in [4.69, 9.17) is 10.6 Å². The quantitative estimate of drug-likeness (QED) is 0.476. The Hall–Kier alpha value is -1.51. The molecule has 1 heterocycles. The fourth-order valence-corrected chi connectivity index (χ4v) is 2.61. The standard InChI is InChI=1S/C16H31N5O3/c1-12-9-21(13(2)10-22)16(23)5-4-6-19-7-14(20-17)11-24-15(12)8-18-3/h7,12-13,15,18,22H,4-6,8-11,17H2,1-3H3. The Morgan fingerprint density at radius 3 is 3.00 bits per heavy atom. The highest BCUT2D eigenvalue weighted by molar-refractivity contribution is 6.31. The first-order valence-electron chi connectivity index (χ1n) is 8.46. The molecule has 0 fully saturated rings. The number of carbonyl (C=O) groups excluding carboxylic acids is 1. The number of carbonyl (C=O) groups is 1. The molecule has 1 rings (SSSR count). The molecule has 24 heavy (non-hydrogen) atoms. The fraction of sp³-hybridized carbons (Fsp3) is 0.812. The number of aliphatic imine (C=N–C) groups is 1. The summed E-state index contributed by atoms with van der Waals surface area (Å²) < 4.78 is 5.94. The van der Waals surface area contributed by atoms with Crippen LogP contribution >= 0.6 is 0 Å². The van der Waals surface area contributed by atoms with Gasteiger partial charge in [0.05, 0.1) is 25.4 Å². The van der Waals surface area contributed by atoms with Gasteiger partial charge >= 0.3 is 0 Å². The number of amides is 1. The minimum absolute atomic E-state index is 0.0359. The summed E-state index contributed by atoms with van der Waals surface area (Å²) in [5.41, 5.74) is 0.578. The first-order chi connectivity index (χ1) is 11.5. The van der Waals surface area contributed by atoms with E-state index < -0.39 is 0 Å². The molecule has 0 saturated carbocycles. The van der Waals surface area contributed by atoms with Gasteiger partial charge in [-0.1, -0.05) is 6.92 Å². The van der Waals surface area contributed by atoms with E-state index in [1.54, 1.807) is 11.1 Å². The van der Waals surface area contributed by atoms with Gasteiger partial charge in [0, 0.05) is 38.2 Å². The van der Waals surface area contributed by atoms with Crippen molar-refractivity contribution in [3.8, 4) is 0 Å². The molecular formula is C16H31N5O3. The number of aliphatic hydroxyl groups is 1. The molecule has 8 nitrogen and oxygen atoms in total. The molecule has 0 spiro atoms. The average Bonchev–Trinajstić information content (AvgIpc) is 2.59. The lowest BCUT2D eigenvalue weighted by Crippen LogP contribution is -2.47. The second-order valence-electron chi connectivity index (χ2n) is 6.22. The monoisotopic (exact) mass is 341 g/mol. The van der Waals surface area contributed by atoms with E-state index in [1.165, 1.54) is 0 Å². The normalized spacial score (nSPS) is 27.4. The van der Waals surface area contributed by atoms with E-state index in [-0.39, 0.29) is 37.2 Å². The predicted molar refractivity (Wildman–Crippen MR) is 95.3 cm³/mol. The van der Waals surface area contributed by atoms with Crippen LogP contribution in [0.5, 0.6) is 0 Å². The van der Waals surface area contributed by atoms with Crippen LogP contribution in [0.15, 0.2) is 10.1 Å². The van der Waals surface area contributed by atoms with E-state index >= 15 is 0 Å². The number of hydrazone groups is 1. The number of nitrogens with zero attached hydrogens (tertiary/aromatic N) is 3. The average molecular weight is 341 g/mol. The van der Waals surface area contributed by atoms with E-state index in [0.29, 0.717) is 38.2 Å². The van der Waals surface area contributed by atoms with Crippen molar-refractivity contribution in [1.82, 2.24) is 10.2 Å². The van der Waals surface area contributed by atoms with Crippen molar-refractivity contribution < 1.29 is 14.6 Å². The van der Waals surface area contributed by atoms with Crippen LogP contribution in [-0.4, -0.2) is 79.9 Å². The highest BCUT2D eigenvalue weighted by Crippen LogP contribution is 2.14. The van der Waals surface area contributed by atoms with Crippen LogP contribution < -0.4 is 11.2 Å². The molecule has 3 atom stereocenters. The smallest absolute Gasteiger partial charge is 0.222 e. The van der Waals surface area contributed by atoms with Gasteiger partial charge in [-0.25, -0.2) is 0 Å². The van der Waals surface area contributed by atoms with Crippen molar-refractivity contribution in [2.75, 3.05) is 39.9 Å². The molecule has 0 radical (unpaired) electrons. The number of nitrogens with one attached hydrogen (secondary N) is 1. The maximum atomic E-state index is 12.5. The number of hydrogen-bond acceptors (Lipinski definition) is 7. The topological polar surface area (TPSA) is 113 Å². The van der Waals surface area contributed by atoms with E-state index in [0.717, 1.165) is 0 Å². The van der Waals surface area contributed by atoms with Crippen molar-refractivity contribution in [2.24, 2.45) is 21.9 Å². The van der Waals surface area contributed by atoms with Gasteiger partial charge in [-0.2, -0.15) is 5.10 Å². The van der Waals surface area contributed by atoms with Crippen LogP contribution in [0.3, 0.4) is 0 Å². The second-order valence-corrected chi connectivity index (χ2v) is 6.22.